The fraction of sp³-hybridized carbons (Fsp3) is 0. The largest absolute Gasteiger partial charge is 0.255 e. The van der Waals surface area contributed by atoms with Crippen molar-refractivity contribution < 1.29 is 4.57 Å². The number of imidazole rings is 1. The van der Waals surface area contributed by atoms with E-state index in [0.29, 0.717) is 0 Å². The van der Waals surface area contributed by atoms with Crippen LogP contribution in [0.25, 0.3) is 33.9 Å². The molecule has 0 saturated heterocycles. The van der Waals surface area contributed by atoms with Crippen molar-refractivity contribution in [3.8, 4) is 33.9 Å². The lowest BCUT2D eigenvalue weighted by molar-refractivity contribution is -0.583. The average Bonchev–Trinajstić information content (AvgIpc) is 3.22. The molecule has 0 saturated carbocycles. The summed E-state index contributed by atoms with van der Waals surface area (Å²) in [5, 5.41) is 0. The zero-order chi connectivity index (χ0) is 21.2. The van der Waals surface area contributed by atoms with Crippen LogP contribution in [-0.4, -0.2) is 4.57 Å². The van der Waals surface area contributed by atoms with Crippen molar-refractivity contribution >= 4 is 31.9 Å². The Bertz CT molecular complexity index is 1200. The van der Waals surface area contributed by atoms with Crippen LogP contribution in [0.4, 0.5) is 0 Å². The van der Waals surface area contributed by atoms with Gasteiger partial charge < -0.3 is 0 Å². The summed E-state index contributed by atoms with van der Waals surface area (Å²) in [7, 11) is 0. The van der Waals surface area contributed by atoms with Gasteiger partial charge in [-0.05, 0) is 48.5 Å². The molecule has 1 heterocycles. The third-order valence-corrected chi connectivity index (χ3v) is 6.30. The van der Waals surface area contributed by atoms with E-state index in [1.54, 1.807) is 0 Å². The molecule has 0 atom stereocenters. The van der Waals surface area contributed by atoms with Crippen molar-refractivity contribution in [2.75, 3.05) is 0 Å². The van der Waals surface area contributed by atoms with Gasteiger partial charge in [0, 0.05) is 20.1 Å². The van der Waals surface area contributed by atoms with E-state index in [0.717, 1.165) is 31.7 Å². The Morgan fingerprint density at radius 1 is 0.548 bits per heavy atom. The third-order valence-electron chi connectivity index (χ3n) is 5.24. The fourth-order valence-electron chi connectivity index (χ4n) is 3.80. The molecule has 0 fully saturated rings. The lowest BCUT2D eigenvalue weighted by Gasteiger charge is -2.06. The highest BCUT2D eigenvalue weighted by Crippen LogP contribution is 2.33. The van der Waals surface area contributed by atoms with Crippen molar-refractivity contribution in [3.63, 3.8) is 0 Å². The van der Waals surface area contributed by atoms with Crippen LogP contribution >= 0.6 is 31.9 Å². The molecule has 0 N–H and O–H groups in total. The van der Waals surface area contributed by atoms with E-state index in [1.165, 1.54) is 11.1 Å². The van der Waals surface area contributed by atoms with E-state index in [9.17, 15) is 0 Å². The Morgan fingerprint density at radius 2 is 1.06 bits per heavy atom. The van der Waals surface area contributed by atoms with Crippen molar-refractivity contribution in [2.24, 2.45) is 0 Å². The van der Waals surface area contributed by atoms with Gasteiger partial charge in [-0.25, -0.2) is 0 Å². The highest BCUT2D eigenvalue weighted by molar-refractivity contribution is 9.10. The maximum atomic E-state index is 3.56. The molecule has 0 amide bonds. The minimum atomic E-state index is 1.06. The molecule has 0 aliphatic heterocycles. The maximum absolute atomic E-state index is 3.56. The molecule has 0 aliphatic carbocycles. The van der Waals surface area contributed by atoms with E-state index in [2.05, 4.69) is 157 Å². The predicted octanol–water partition coefficient (Wildman–Crippen LogP) is 7.61. The standard InChI is InChI=1S/C27H19Br2N2/c28-22-11-15-24(16-12-22)30-19-31(25-17-13-23(29)14-18-25)27(21-9-5-2-6-10-21)26(30)20-7-3-1-4-8-20/h1-19H/q+1. The quantitative estimate of drug-likeness (QED) is 0.211. The fourth-order valence-corrected chi connectivity index (χ4v) is 4.33. The molecule has 0 unspecified atom stereocenters. The van der Waals surface area contributed by atoms with Crippen molar-refractivity contribution in [1.29, 1.82) is 0 Å². The zero-order valence-electron chi connectivity index (χ0n) is 16.6. The van der Waals surface area contributed by atoms with Gasteiger partial charge in [-0.1, -0.05) is 92.5 Å². The lowest BCUT2D eigenvalue weighted by atomic mass is 10.0. The zero-order valence-corrected chi connectivity index (χ0v) is 19.8. The van der Waals surface area contributed by atoms with Crippen molar-refractivity contribution in [1.82, 2.24) is 4.57 Å². The van der Waals surface area contributed by atoms with Crippen LogP contribution in [0.3, 0.4) is 0 Å². The molecule has 4 aromatic carbocycles. The minimum absolute atomic E-state index is 1.06. The first kappa shape index (κ1) is 20.0. The molecule has 2 nitrogen and oxygen atoms in total. The minimum Gasteiger partial charge on any atom is -0.194 e. The van der Waals surface area contributed by atoms with E-state index in [4.69, 9.17) is 0 Å². The van der Waals surface area contributed by atoms with E-state index in [-0.39, 0.29) is 0 Å². The van der Waals surface area contributed by atoms with Gasteiger partial charge in [0.15, 0.2) is 11.4 Å². The van der Waals surface area contributed by atoms with E-state index < -0.39 is 0 Å². The molecule has 31 heavy (non-hydrogen) atoms. The number of rotatable bonds is 4. The Labute approximate surface area is 198 Å². The molecular formula is C27H19Br2N2+. The van der Waals surface area contributed by atoms with Gasteiger partial charge >= 0.3 is 0 Å². The molecule has 150 valence electrons. The summed E-state index contributed by atoms with van der Waals surface area (Å²) in [6.45, 7) is 0. The molecule has 5 rings (SSSR count). The first-order valence-corrected chi connectivity index (χ1v) is 11.6. The van der Waals surface area contributed by atoms with Crippen LogP contribution in [0.5, 0.6) is 0 Å². The van der Waals surface area contributed by atoms with Gasteiger partial charge in [0.2, 0.25) is 0 Å². The molecule has 0 spiro atoms. The first-order chi connectivity index (χ1) is 15.2. The molecule has 0 radical (unpaired) electrons. The number of nitrogens with zero attached hydrogens (tertiary/aromatic N) is 2. The van der Waals surface area contributed by atoms with Crippen LogP contribution in [0.15, 0.2) is 124 Å². The summed E-state index contributed by atoms with van der Waals surface area (Å²) in [4.78, 5) is 0. The first-order valence-electron chi connectivity index (χ1n) is 10.0. The Morgan fingerprint density at radius 3 is 1.65 bits per heavy atom. The third kappa shape index (κ3) is 4.01. The van der Waals surface area contributed by atoms with Gasteiger partial charge in [-0.15, -0.1) is 0 Å². The van der Waals surface area contributed by atoms with E-state index >= 15 is 0 Å². The number of aromatic nitrogens is 2. The predicted molar refractivity (Wildman–Crippen MR) is 134 cm³/mol. The maximum Gasteiger partial charge on any atom is 0.255 e. The van der Waals surface area contributed by atoms with Gasteiger partial charge in [0.1, 0.15) is 11.4 Å². The highest BCUT2D eigenvalue weighted by Gasteiger charge is 2.28. The topological polar surface area (TPSA) is 8.81 Å². The Hall–Kier alpha value is -2.95. The SMILES string of the molecule is Brc1ccc(-n2c[n+](-c3ccc(Br)cc3)c(-c3ccccc3)c2-c2ccccc2)cc1. The Balaban J connectivity index is 1.87. The van der Waals surface area contributed by atoms with Crippen LogP contribution in [0, 0.1) is 0 Å². The molecule has 4 heteroatoms. The molecule has 5 aromatic rings. The summed E-state index contributed by atoms with van der Waals surface area (Å²) < 4.78 is 6.67. The average molecular weight is 531 g/mol. The smallest absolute Gasteiger partial charge is 0.194 e. The van der Waals surface area contributed by atoms with Crippen molar-refractivity contribution in [2.45, 2.75) is 0 Å². The normalized spacial score (nSPS) is 10.9. The summed E-state index contributed by atoms with van der Waals surface area (Å²) >= 11 is 7.12. The summed E-state index contributed by atoms with van der Waals surface area (Å²) in [6, 6.07) is 38.0. The number of hydrogen-bond acceptors (Lipinski definition) is 0. The van der Waals surface area contributed by atoms with Gasteiger partial charge in [-0.3, -0.25) is 0 Å². The van der Waals surface area contributed by atoms with E-state index in [1.807, 2.05) is 0 Å². The van der Waals surface area contributed by atoms with Crippen molar-refractivity contribution in [3.05, 3.63) is 124 Å². The highest BCUT2D eigenvalue weighted by atomic mass is 79.9. The second kappa shape index (κ2) is 8.66. The molecule has 1 aromatic heterocycles. The summed E-state index contributed by atoms with van der Waals surface area (Å²) in [6.07, 6.45) is 2.18. The summed E-state index contributed by atoms with van der Waals surface area (Å²) in [5.74, 6) is 0. The molecular weight excluding hydrogens is 512 g/mol. The summed E-state index contributed by atoms with van der Waals surface area (Å²) in [5.41, 5.74) is 6.85. The molecule has 0 bridgehead atoms. The monoisotopic (exact) mass is 529 g/mol. The van der Waals surface area contributed by atoms with Gasteiger partial charge in [0.05, 0.1) is 0 Å². The Kier molecular flexibility index (Phi) is 5.58. The van der Waals surface area contributed by atoms with Crippen LogP contribution < -0.4 is 4.57 Å². The lowest BCUT2D eigenvalue weighted by Crippen LogP contribution is -2.30. The molecule has 0 aliphatic rings. The second-order valence-electron chi connectivity index (χ2n) is 7.24. The van der Waals surface area contributed by atoms with Crippen LogP contribution in [0.2, 0.25) is 0 Å². The number of hydrogen-bond donors (Lipinski definition) is 0. The van der Waals surface area contributed by atoms with Crippen LogP contribution in [0.1, 0.15) is 0 Å². The second-order valence-corrected chi connectivity index (χ2v) is 9.07. The number of halogens is 2. The number of benzene rings is 4. The van der Waals surface area contributed by atoms with Crippen LogP contribution in [-0.2, 0) is 0 Å². The van der Waals surface area contributed by atoms with Gasteiger partial charge in [0.25, 0.3) is 6.33 Å². The van der Waals surface area contributed by atoms with Gasteiger partial charge in [-0.2, -0.15) is 9.13 Å².